The third-order valence-corrected chi connectivity index (χ3v) is 3.97. The van der Waals surface area contributed by atoms with Crippen LogP contribution in [-0.2, 0) is 0 Å². The van der Waals surface area contributed by atoms with Crippen LogP contribution < -0.4 is 0 Å². The monoisotopic (exact) mass is 292 g/mol. The first-order chi connectivity index (χ1) is 7.58. The van der Waals surface area contributed by atoms with Gasteiger partial charge in [0, 0.05) is 20.5 Å². The van der Waals surface area contributed by atoms with Crippen LogP contribution in [0.15, 0.2) is 30.3 Å². The first-order valence-corrected chi connectivity index (χ1v) is 6.41. The first-order valence-electron chi connectivity index (χ1n) is 4.46. The lowest BCUT2D eigenvalue weighted by Gasteiger charge is -2.10. The van der Waals surface area contributed by atoms with Gasteiger partial charge in [0.15, 0.2) is 0 Å². The van der Waals surface area contributed by atoms with Crippen molar-refractivity contribution >= 4 is 46.1 Å². The molecule has 16 heavy (non-hydrogen) atoms. The van der Waals surface area contributed by atoms with Crippen LogP contribution in [0.5, 0.6) is 0 Å². The lowest BCUT2D eigenvalue weighted by Crippen LogP contribution is -1.97. The van der Waals surface area contributed by atoms with Crippen molar-refractivity contribution in [2.24, 2.45) is 0 Å². The molecular formula is C11H7Cl3OS. The third kappa shape index (κ3) is 2.53. The highest BCUT2D eigenvalue weighted by atomic mass is 35.5. The van der Waals surface area contributed by atoms with Crippen LogP contribution in [0.1, 0.15) is 16.5 Å². The molecule has 0 spiro atoms. The Morgan fingerprint density at radius 1 is 1.06 bits per heavy atom. The van der Waals surface area contributed by atoms with Crippen molar-refractivity contribution in [2.75, 3.05) is 0 Å². The van der Waals surface area contributed by atoms with Crippen molar-refractivity contribution in [1.29, 1.82) is 0 Å². The molecule has 2 rings (SSSR count). The van der Waals surface area contributed by atoms with Crippen LogP contribution in [0.2, 0.25) is 14.4 Å². The maximum Gasteiger partial charge on any atom is 0.115 e. The van der Waals surface area contributed by atoms with Crippen LogP contribution in [0.3, 0.4) is 0 Å². The SMILES string of the molecule is OC(c1ccc(Cl)s1)c1ccc(Cl)cc1Cl. The highest BCUT2D eigenvalue weighted by Crippen LogP contribution is 2.34. The second-order valence-electron chi connectivity index (χ2n) is 3.21. The smallest absolute Gasteiger partial charge is 0.115 e. The van der Waals surface area contributed by atoms with Gasteiger partial charge in [0.1, 0.15) is 6.10 Å². The lowest BCUT2D eigenvalue weighted by atomic mass is 10.1. The Labute approximate surface area is 112 Å². The minimum absolute atomic E-state index is 0.449. The van der Waals surface area contributed by atoms with Gasteiger partial charge in [0.25, 0.3) is 0 Å². The van der Waals surface area contributed by atoms with Gasteiger partial charge in [-0.05, 0) is 24.3 Å². The summed E-state index contributed by atoms with van der Waals surface area (Å²) in [6.07, 6.45) is -0.762. The molecule has 1 unspecified atom stereocenters. The summed E-state index contributed by atoms with van der Waals surface area (Å²) in [5.74, 6) is 0. The van der Waals surface area contributed by atoms with Crippen LogP contribution in [-0.4, -0.2) is 5.11 Å². The fourth-order valence-corrected chi connectivity index (χ4v) is 2.93. The van der Waals surface area contributed by atoms with E-state index in [9.17, 15) is 5.11 Å². The Hall–Kier alpha value is -0.250. The summed E-state index contributed by atoms with van der Waals surface area (Å²) in [6, 6.07) is 8.54. The summed E-state index contributed by atoms with van der Waals surface area (Å²) in [4.78, 5) is 0.759. The van der Waals surface area contributed by atoms with Gasteiger partial charge in [-0.15, -0.1) is 11.3 Å². The normalized spacial score (nSPS) is 12.8. The molecule has 1 heterocycles. The third-order valence-electron chi connectivity index (χ3n) is 2.12. The van der Waals surface area contributed by atoms with E-state index in [-0.39, 0.29) is 0 Å². The quantitative estimate of drug-likeness (QED) is 0.844. The Bertz CT molecular complexity index is 510. The second kappa shape index (κ2) is 4.94. The molecule has 0 aliphatic carbocycles. The Kier molecular flexibility index (Phi) is 3.77. The summed E-state index contributed by atoms with van der Waals surface area (Å²) in [6.45, 7) is 0. The van der Waals surface area contributed by atoms with Gasteiger partial charge >= 0.3 is 0 Å². The van der Waals surface area contributed by atoms with Crippen LogP contribution >= 0.6 is 46.1 Å². The zero-order valence-corrected chi connectivity index (χ0v) is 11.0. The fraction of sp³-hybridized carbons (Fsp3) is 0.0909. The summed E-state index contributed by atoms with van der Waals surface area (Å²) in [5, 5.41) is 11.1. The summed E-state index contributed by atoms with van der Waals surface area (Å²) >= 11 is 18.9. The molecular weight excluding hydrogens is 287 g/mol. The van der Waals surface area contributed by atoms with Crippen LogP contribution in [0, 0.1) is 0 Å². The first kappa shape index (κ1) is 12.2. The van der Waals surface area contributed by atoms with E-state index in [1.807, 2.05) is 0 Å². The zero-order chi connectivity index (χ0) is 11.7. The Morgan fingerprint density at radius 2 is 1.81 bits per heavy atom. The van der Waals surface area contributed by atoms with Crippen molar-refractivity contribution in [2.45, 2.75) is 6.10 Å². The van der Waals surface area contributed by atoms with Gasteiger partial charge in [-0.25, -0.2) is 0 Å². The number of benzene rings is 1. The molecule has 0 saturated carbocycles. The standard InChI is InChI=1S/C11H7Cl3OS/c12-6-1-2-7(8(13)5-6)11(15)9-3-4-10(14)16-9/h1-5,11,15H. The number of thiophene rings is 1. The summed E-state index contributed by atoms with van der Waals surface area (Å²) in [5.41, 5.74) is 0.629. The predicted octanol–water partition coefficient (Wildman–Crippen LogP) is 4.79. The molecule has 0 radical (unpaired) electrons. The maximum atomic E-state index is 10.1. The molecule has 1 N–H and O–H groups in total. The Balaban J connectivity index is 2.37. The zero-order valence-electron chi connectivity index (χ0n) is 7.95. The molecule has 1 aromatic heterocycles. The topological polar surface area (TPSA) is 20.2 Å². The summed E-state index contributed by atoms with van der Waals surface area (Å²) in [7, 11) is 0. The molecule has 1 atom stereocenters. The highest BCUT2D eigenvalue weighted by molar-refractivity contribution is 7.16. The average Bonchev–Trinajstić information content (AvgIpc) is 2.64. The molecule has 1 aromatic carbocycles. The van der Waals surface area contributed by atoms with Gasteiger partial charge in [-0.1, -0.05) is 40.9 Å². The van der Waals surface area contributed by atoms with Gasteiger partial charge in [-0.2, -0.15) is 0 Å². The molecule has 0 amide bonds. The van der Waals surface area contributed by atoms with E-state index >= 15 is 0 Å². The molecule has 84 valence electrons. The number of halogens is 3. The molecule has 0 fully saturated rings. The van der Waals surface area contributed by atoms with Crippen LogP contribution in [0.25, 0.3) is 0 Å². The number of hydrogen-bond acceptors (Lipinski definition) is 2. The number of rotatable bonds is 2. The number of aliphatic hydroxyl groups excluding tert-OH is 1. The van der Waals surface area contributed by atoms with E-state index in [1.54, 1.807) is 30.3 Å². The van der Waals surface area contributed by atoms with Crippen molar-refractivity contribution < 1.29 is 5.11 Å². The molecule has 1 nitrogen and oxygen atoms in total. The van der Waals surface area contributed by atoms with Crippen molar-refractivity contribution in [3.05, 3.63) is 55.2 Å². The van der Waals surface area contributed by atoms with E-state index < -0.39 is 6.10 Å². The van der Waals surface area contributed by atoms with Crippen molar-refractivity contribution in [3.8, 4) is 0 Å². The molecule has 0 bridgehead atoms. The minimum Gasteiger partial charge on any atom is -0.383 e. The van der Waals surface area contributed by atoms with E-state index in [0.29, 0.717) is 19.9 Å². The maximum absolute atomic E-state index is 10.1. The van der Waals surface area contributed by atoms with E-state index in [0.717, 1.165) is 4.88 Å². The largest absolute Gasteiger partial charge is 0.383 e. The minimum atomic E-state index is -0.762. The van der Waals surface area contributed by atoms with Gasteiger partial charge in [0.05, 0.1) is 4.34 Å². The van der Waals surface area contributed by atoms with Crippen molar-refractivity contribution in [1.82, 2.24) is 0 Å². The molecule has 0 aliphatic heterocycles. The summed E-state index contributed by atoms with van der Waals surface area (Å²) < 4.78 is 0.638. The second-order valence-corrected chi connectivity index (χ2v) is 5.80. The van der Waals surface area contributed by atoms with Crippen molar-refractivity contribution in [3.63, 3.8) is 0 Å². The molecule has 2 aromatic rings. The Morgan fingerprint density at radius 3 is 2.38 bits per heavy atom. The van der Waals surface area contributed by atoms with Gasteiger partial charge < -0.3 is 5.11 Å². The molecule has 5 heteroatoms. The number of hydrogen-bond donors (Lipinski definition) is 1. The highest BCUT2D eigenvalue weighted by Gasteiger charge is 2.15. The van der Waals surface area contributed by atoms with E-state index in [1.165, 1.54) is 11.3 Å². The predicted molar refractivity (Wildman–Crippen MR) is 69.9 cm³/mol. The van der Waals surface area contributed by atoms with Gasteiger partial charge in [0.2, 0.25) is 0 Å². The van der Waals surface area contributed by atoms with E-state index in [4.69, 9.17) is 34.8 Å². The molecule has 0 aliphatic rings. The lowest BCUT2D eigenvalue weighted by molar-refractivity contribution is 0.224. The average molecular weight is 294 g/mol. The fourth-order valence-electron chi connectivity index (χ4n) is 1.35. The molecule has 0 saturated heterocycles. The number of aliphatic hydroxyl groups is 1. The van der Waals surface area contributed by atoms with E-state index in [2.05, 4.69) is 0 Å². The van der Waals surface area contributed by atoms with Crippen LogP contribution in [0.4, 0.5) is 0 Å². The van der Waals surface area contributed by atoms with Gasteiger partial charge in [-0.3, -0.25) is 0 Å².